The second-order valence-electron chi connectivity index (χ2n) is 4.67. The van der Waals surface area contributed by atoms with E-state index in [9.17, 15) is 4.79 Å². The molecule has 0 fully saturated rings. The van der Waals surface area contributed by atoms with Gasteiger partial charge in [0.2, 0.25) is 0 Å². The third-order valence-electron chi connectivity index (χ3n) is 3.19. The van der Waals surface area contributed by atoms with E-state index in [0.717, 1.165) is 10.8 Å². The number of hydrogen-bond donors (Lipinski definition) is 1. The van der Waals surface area contributed by atoms with Gasteiger partial charge in [0.25, 0.3) is 5.91 Å². The number of carbonyl (C=O) groups excluding carboxylic acids is 1. The summed E-state index contributed by atoms with van der Waals surface area (Å²) in [7, 11) is 0. The van der Waals surface area contributed by atoms with Gasteiger partial charge in [-0.15, -0.1) is 0 Å². The fourth-order valence-electron chi connectivity index (χ4n) is 2.21. The number of aromatic nitrogens is 2. The molecule has 5 nitrogen and oxygen atoms in total. The molecule has 5 heteroatoms. The lowest BCUT2D eigenvalue weighted by molar-refractivity contribution is 0.102. The highest BCUT2D eigenvalue weighted by Crippen LogP contribution is 2.19. The standard InChI is InChI=1S/C17H15N3O2/c1-2-22-17-18-10-13(11-19-17)20-16(21)15-9-5-7-12-6-3-4-8-14(12)15/h3-11H,2H2,1H3,(H,20,21). The maximum atomic E-state index is 12.4. The quantitative estimate of drug-likeness (QED) is 0.801. The summed E-state index contributed by atoms with van der Waals surface area (Å²) in [6.07, 6.45) is 3.06. The van der Waals surface area contributed by atoms with Gasteiger partial charge in [0.05, 0.1) is 24.7 Å². The van der Waals surface area contributed by atoms with Crippen LogP contribution in [0.5, 0.6) is 6.01 Å². The van der Waals surface area contributed by atoms with Gasteiger partial charge in [0.1, 0.15) is 0 Å². The minimum Gasteiger partial charge on any atom is -0.464 e. The minimum atomic E-state index is -0.190. The topological polar surface area (TPSA) is 64.1 Å². The number of hydrogen-bond acceptors (Lipinski definition) is 4. The number of carbonyl (C=O) groups is 1. The molecule has 0 bridgehead atoms. The van der Waals surface area contributed by atoms with Gasteiger partial charge < -0.3 is 10.1 Å². The van der Waals surface area contributed by atoms with Crippen LogP contribution >= 0.6 is 0 Å². The average molecular weight is 293 g/mol. The average Bonchev–Trinajstić information content (AvgIpc) is 2.56. The molecule has 3 rings (SSSR count). The summed E-state index contributed by atoms with van der Waals surface area (Å²) in [5.41, 5.74) is 1.15. The first-order chi connectivity index (χ1) is 10.8. The number of benzene rings is 2. The molecule has 1 heterocycles. The number of amides is 1. The van der Waals surface area contributed by atoms with E-state index in [1.165, 1.54) is 12.4 Å². The molecule has 0 atom stereocenters. The third-order valence-corrected chi connectivity index (χ3v) is 3.19. The van der Waals surface area contributed by atoms with Gasteiger partial charge in [0.15, 0.2) is 0 Å². The lowest BCUT2D eigenvalue weighted by Gasteiger charge is -2.08. The zero-order valence-corrected chi connectivity index (χ0v) is 12.1. The van der Waals surface area contributed by atoms with Crippen molar-refractivity contribution < 1.29 is 9.53 Å². The highest BCUT2D eigenvalue weighted by atomic mass is 16.5. The molecule has 3 aromatic rings. The van der Waals surface area contributed by atoms with Crippen LogP contribution in [0.3, 0.4) is 0 Å². The predicted molar refractivity (Wildman–Crippen MR) is 85.1 cm³/mol. The molecule has 1 amide bonds. The van der Waals surface area contributed by atoms with Crippen LogP contribution in [0, 0.1) is 0 Å². The van der Waals surface area contributed by atoms with Crippen LogP contribution in [-0.2, 0) is 0 Å². The van der Waals surface area contributed by atoms with E-state index in [2.05, 4.69) is 15.3 Å². The SMILES string of the molecule is CCOc1ncc(NC(=O)c2cccc3ccccc23)cn1. The van der Waals surface area contributed by atoms with E-state index in [4.69, 9.17) is 4.74 Å². The predicted octanol–water partition coefficient (Wildman–Crippen LogP) is 3.28. The molecule has 0 saturated carbocycles. The molecule has 0 aliphatic heterocycles. The van der Waals surface area contributed by atoms with Crippen molar-refractivity contribution in [1.29, 1.82) is 0 Å². The Bertz CT molecular complexity index is 795. The first kappa shape index (κ1) is 14.0. The van der Waals surface area contributed by atoms with Crippen LogP contribution in [0.4, 0.5) is 5.69 Å². The zero-order chi connectivity index (χ0) is 15.4. The van der Waals surface area contributed by atoms with Crippen LogP contribution in [0.25, 0.3) is 10.8 Å². The van der Waals surface area contributed by atoms with Crippen LogP contribution in [0.2, 0.25) is 0 Å². The molecule has 0 aliphatic rings. The number of nitrogens with zero attached hydrogens (tertiary/aromatic N) is 2. The molecule has 0 spiro atoms. The molecule has 0 aliphatic carbocycles. The van der Waals surface area contributed by atoms with Crippen molar-refractivity contribution in [3.05, 3.63) is 60.4 Å². The second-order valence-corrected chi connectivity index (χ2v) is 4.67. The van der Waals surface area contributed by atoms with Crippen molar-refractivity contribution >= 4 is 22.4 Å². The number of rotatable bonds is 4. The summed E-state index contributed by atoms with van der Waals surface area (Å²) in [5.74, 6) is -0.190. The van der Waals surface area contributed by atoms with Crippen LogP contribution < -0.4 is 10.1 Å². The molecule has 0 radical (unpaired) electrons. The normalized spacial score (nSPS) is 10.4. The van der Waals surface area contributed by atoms with Crippen molar-refractivity contribution in [2.45, 2.75) is 6.92 Å². The molecule has 2 aromatic carbocycles. The van der Waals surface area contributed by atoms with Gasteiger partial charge in [-0.3, -0.25) is 4.79 Å². The molecule has 1 N–H and O–H groups in total. The zero-order valence-electron chi connectivity index (χ0n) is 12.1. The van der Waals surface area contributed by atoms with Gasteiger partial charge in [-0.25, -0.2) is 9.97 Å². The van der Waals surface area contributed by atoms with Crippen molar-refractivity contribution in [3.63, 3.8) is 0 Å². The summed E-state index contributed by atoms with van der Waals surface area (Å²) in [6.45, 7) is 2.36. The lowest BCUT2D eigenvalue weighted by Crippen LogP contribution is -2.13. The Hall–Kier alpha value is -2.95. The third kappa shape index (κ3) is 2.88. The Morgan fingerprint density at radius 3 is 2.59 bits per heavy atom. The first-order valence-corrected chi connectivity index (χ1v) is 7.02. The maximum Gasteiger partial charge on any atom is 0.316 e. The number of nitrogens with one attached hydrogen (secondary N) is 1. The van der Waals surface area contributed by atoms with Crippen molar-refractivity contribution in [2.75, 3.05) is 11.9 Å². The fourth-order valence-corrected chi connectivity index (χ4v) is 2.21. The smallest absolute Gasteiger partial charge is 0.316 e. The maximum absolute atomic E-state index is 12.4. The van der Waals surface area contributed by atoms with Crippen molar-refractivity contribution in [1.82, 2.24) is 9.97 Å². The Morgan fingerprint density at radius 1 is 1.09 bits per heavy atom. The van der Waals surface area contributed by atoms with Crippen molar-refractivity contribution in [2.24, 2.45) is 0 Å². The minimum absolute atomic E-state index is 0.190. The molecular weight excluding hydrogens is 278 g/mol. The van der Waals surface area contributed by atoms with Crippen molar-refractivity contribution in [3.8, 4) is 6.01 Å². The monoisotopic (exact) mass is 293 g/mol. The van der Waals surface area contributed by atoms with E-state index in [1.54, 1.807) is 6.07 Å². The molecule has 1 aromatic heterocycles. The number of fused-ring (bicyclic) bond motifs is 1. The molecule has 110 valence electrons. The Kier molecular flexibility index (Phi) is 3.96. The van der Waals surface area contributed by atoms with E-state index < -0.39 is 0 Å². The van der Waals surface area contributed by atoms with Gasteiger partial charge in [-0.1, -0.05) is 36.4 Å². The summed E-state index contributed by atoms with van der Waals surface area (Å²) >= 11 is 0. The molecule has 0 unspecified atom stereocenters. The number of anilines is 1. The van der Waals surface area contributed by atoms with E-state index >= 15 is 0 Å². The lowest BCUT2D eigenvalue weighted by atomic mass is 10.0. The number of ether oxygens (including phenoxy) is 1. The molecule has 0 saturated heterocycles. The van der Waals surface area contributed by atoms with Gasteiger partial charge in [-0.05, 0) is 23.8 Å². The van der Waals surface area contributed by atoms with Crippen LogP contribution in [0.15, 0.2) is 54.9 Å². The highest BCUT2D eigenvalue weighted by molar-refractivity contribution is 6.12. The van der Waals surface area contributed by atoms with E-state index in [-0.39, 0.29) is 5.91 Å². The fraction of sp³-hybridized carbons (Fsp3) is 0.118. The Labute approximate surface area is 128 Å². The first-order valence-electron chi connectivity index (χ1n) is 7.02. The Morgan fingerprint density at radius 2 is 1.82 bits per heavy atom. The van der Waals surface area contributed by atoms with Gasteiger partial charge in [-0.2, -0.15) is 0 Å². The summed E-state index contributed by atoms with van der Waals surface area (Å²) < 4.78 is 5.17. The summed E-state index contributed by atoms with van der Waals surface area (Å²) in [4.78, 5) is 20.5. The second kappa shape index (κ2) is 6.22. The molecule has 22 heavy (non-hydrogen) atoms. The Balaban J connectivity index is 1.84. The van der Waals surface area contributed by atoms with Gasteiger partial charge >= 0.3 is 6.01 Å². The summed E-state index contributed by atoms with van der Waals surface area (Å²) in [5, 5.41) is 4.74. The highest BCUT2D eigenvalue weighted by Gasteiger charge is 2.10. The largest absolute Gasteiger partial charge is 0.464 e. The van der Waals surface area contributed by atoms with E-state index in [0.29, 0.717) is 23.9 Å². The van der Waals surface area contributed by atoms with Crippen LogP contribution in [0.1, 0.15) is 17.3 Å². The summed E-state index contributed by atoms with van der Waals surface area (Å²) in [6, 6.07) is 13.7. The molecular formula is C17H15N3O2. The van der Waals surface area contributed by atoms with E-state index in [1.807, 2.05) is 43.3 Å². The van der Waals surface area contributed by atoms with Gasteiger partial charge in [0, 0.05) is 5.56 Å². The van der Waals surface area contributed by atoms with Crippen LogP contribution in [-0.4, -0.2) is 22.5 Å².